The van der Waals surface area contributed by atoms with Crippen LogP contribution in [0.1, 0.15) is 12.5 Å². The van der Waals surface area contributed by atoms with Crippen LogP contribution in [-0.2, 0) is 11.2 Å². The van der Waals surface area contributed by atoms with E-state index in [0.29, 0.717) is 19.0 Å². The third-order valence-corrected chi connectivity index (χ3v) is 3.94. The van der Waals surface area contributed by atoms with E-state index in [2.05, 4.69) is 20.9 Å². The molecule has 0 aliphatic heterocycles. The van der Waals surface area contributed by atoms with E-state index in [4.69, 9.17) is 4.74 Å². The first-order chi connectivity index (χ1) is 13.6. The van der Waals surface area contributed by atoms with Crippen molar-refractivity contribution in [3.05, 3.63) is 66.0 Å². The number of aliphatic imine (C=N–C) groups is 1. The Bertz CT molecular complexity index is 768. The molecule has 28 heavy (non-hydrogen) atoms. The van der Waals surface area contributed by atoms with Gasteiger partial charge in [-0.1, -0.05) is 42.5 Å². The van der Waals surface area contributed by atoms with Gasteiger partial charge < -0.3 is 20.7 Å². The molecule has 3 N–H and O–H groups in total. The topological polar surface area (TPSA) is 74.8 Å². The summed E-state index contributed by atoms with van der Waals surface area (Å²) in [6.07, 6.45) is 0.500. The number of para-hydroxylation sites is 1. The second kappa shape index (κ2) is 11.6. The average Bonchev–Trinajstić information content (AvgIpc) is 2.70. The molecule has 0 radical (unpaired) electrons. The van der Waals surface area contributed by atoms with Crippen LogP contribution >= 0.6 is 0 Å². The van der Waals surface area contributed by atoms with Crippen LogP contribution < -0.4 is 20.7 Å². The average molecular weight is 386 g/mol. The predicted molar refractivity (Wildman–Crippen MR) is 109 cm³/mol. The van der Waals surface area contributed by atoms with Gasteiger partial charge in [-0.05, 0) is 31.0 Å². The molecule has 0 aliphatic rings. The molecule has 150 valence electrons. The summed E-state index contributed by atoms with van der Waals surface area (Å²) in [6.45, 7) is 2.91. The van der Waals surface area contributed by atoms with Crippen molar-refractivity contribution in [2.24, 2.45) is 4.99 Å². The van der Waals surface area contributed by atoms with Gasteiger partial charge in [0.05, 0.1) is 13.1 Å². The van der Waals surface area contributed by atoms with Crippen LogP contribution in [0.4, 0.5) is 4.39 Å². The van der Waals surface area contributed by atoms with Gasteiger partial charge in [-0.2, -0.15) is 0 Å². The molecule has 0 saturated carbocycles. The molecule has 2 aromatic rings. The largest absolute Gasteiger partial charge is 0.486 e. The minimum Gasteiger partial charge on any atom is -0.486 e. The normalized spacial score (nSPS) is 12.2. The fourth-order valence-electron chi connectivity index (χ4n) is 2.48. The van der Waals surface area contributed by atoms with Crippen LogP contribution in [0.2, 0.25) is 0 Å². The number of rotatable bonds is 9. The zero-order chi connectivity index (χ0) is 20.2. The van der Waals surface area contributed by atoms with E-state index in [1.165, 1.54) is 11.6 Å². The van der Waals surface area contributed by atoms with Crippen molar-refractivity contribution < 1.29 is 13.9 Å². The first kappa shape index (κ1) is 21.2. The van der Waals surface area contributed by atoms with Crippen molar-refractivity contribution in [3.63, 3.8) is 0 Å². The number of carbonyl (C=O) groups excluding carboxylic acids is 1. The van der Waals surface area contributed by atoms with Gasteiger partial charge in [0.15, 0.2) is 17.5 Å². The van der Waals surface area contributed by atoms with Gasteiger partial charge in [0, 0.05) is 13.6 Å². The molecule has 0 fully saturated rings. The zero-order valence-corrected chi connectivity index (χ0v) is 16.2. The number of nitrogens with one attached hydrogen (secondary N) is 3. The van der Waals surface area contributed by atoms with Crippen molar-refractivity contribution in [3.8, 4) is 5.75 Å². The molecule has 2 rings (SSSR count). The Morgan fingerprint density at radius 3 is 2.50 bits per heavy atom. The fraction of sp³-hybridized carbons (Fsp3) is 0.333. The zero-order valence-electron chi connectivity index (χ0n) is 16.2. The molecule has 1 atom stereocenters. The van der Waals surface area contributed by atoms with Crippen LogP contribution in [0.3, 0.4) is 0 Å². The minimum absolute atomic E-state index is 0.108. The van der Waals surface area contributed by atoms with Crippen molar-refractivity contribution in [1.29, 1.82) is 0 Å². The van der Waals surface area contributed by atoms with E-state index in [-0.39, 0.29) is 24.3 Å². The number of hydrogen-bond donors (Lipinski definition) is 3. The van der Waals surface area contributed by atoms with E-state index in [9.17, 15) is 9.18 Å². The minimum atomic E-state index is -0.399. The van der Waals surface area contributed by atoms with Crippen LogP contribution in [0, 0.1) is 5.82 Å². The number of halogens is 1. The summed E-state index contributed by atoms with van der Waals surface area (Å²) in [5.74, 6) is 0.165. The lowest BCUT2D eigenvalue weighted by atomic mass is 10.1. The van der Waals surface area contributed by atoms with E-state index in [1.807, 2.05) is 37.3 Å². The highest BCUT2D eigenvalue weighted by Crippen LogP contribution is 2.16. The maximum absolute atomic E-state index is 13.6. The molecule has 6 nitrogen and oxygen atoms in total. The lowest BCUT2D eigenvalue weighted by Gasteiger charge is -2.18. The maximum atomic E-state index is 13.6. The Kier molecular flexibility index (Phi) is 8.78. The molecule has 2 aromatic carbocycles. The summed E-state index contributed by atoms with van der Waals surface area (Å²) in [5, 5.41) is 8.87. The summed E-state index contributed by atoms with van der Waals surface area (Å²) >= 11 is 0. The van der Waals surface area contributed by atoms with Crippen molar-refractivity contribution in [2.45, 2.75) is 19.4 Å². The standard InChI is InChI=1S/C21H27FN4O2/c1-16(28-19-11-7-6-10-18(19)22)14-25-21(23-2)26-15-20(27)24-13-12-17-8-4-3-5-9-17/h3-11,16H,12-15H2,1-2H3,(H,24,27)(H2,23,25,26). The van der Waals surface area contributed by atoms with Gasteiger partial charge >= 0.3 is 0 Å². The predicted octanol–water partition coefficient (Wildman–Crippen LogP) is 2.12. The molecule has 0 aliphatic carbocycles. The molecule has 0 heterocycles. The molecule has 1 amide bonds. The number of carbonyl (C=O) groups is 1. The third-order valence-electron chi connectivity index (χ3n) is 3.94. The van der Waals surface area contributed by atoms with Crippen molar-refractivity contribution >= 4 is 11.9 Å². The highest BCUT2D eigenvalue weighted by Gasteiger charge is 2.09. The Morgan fingerprint density at radius 1 is 1.07 bits per heavy atom. The molecule has 1 unspecified atom stereocenters. The number of hydrogen-bond acceptors (Lipinski definition) is 3. The molecular weight excluding hydrogens is 359 g/mol. The van der Waals surface area contributed by atoms with Crippen LogP contribution in [0.25, 0.3) is 0 Å². The van der Waals surface area contributed by atoms with E-state index >= 15 is 0 Å². The number of nitrogens with zero attached hydrogens (tertiary/aromatic N) is 1. The van der Waals surface area contributed by atoms with Crippen molar-refractivity contribution in [1.82, 2.24) is 16.0 Å². The van der Waals surface area contributed by atoms with Gasteiger partial charge in [-0.15, -0.1) is 0 Å². The molecular formula is C21H27FN4O2. The van der Waals surface area contributed by atoms with E-state index in [1.54, 1.807) is 25.2 Å². The molecule has 0 saturated heterocycles. The highest BCUT2D eigenvalue weighted by molar-refractivity contribution is 5.86. The van der Waals surface area contributed by atoms with Gasteiger partial charge in [0.2, 0.25) is 5.91 Å². The van der Waals surface area contributed by atoms with E-state index < -0.39 is 5.82 Å². The summed E-state index contributed by atoms with van der Waals surface area (Å²) < 4.78 is 19.2. The lowest BCUT2D eigenvalue weighted by molar-refractivity contribution is -0.119. The van der Waals surface area contributed by atoms with Gasteiger partial charge in [-0.25, -0.2) is 4.39 Å². The molecule has 0 bridgehead atoms. The number of amides is 1. The molecule has 7 heteroatoms. The quantitative estimate of drug-likeness (QED) is 0.456. The van der Waals surface area contributed by atoms with Crippen LogP contribution in [-0.4, -0.2) is 44.7 Å². The van der Waals surface area contributed by atoms with Gasteiger partial charge in [0.25, 0.3) is 0 Å². The van der Waals surface area contributed by atoms with Gasteiger partial charge in [-0.3, -0.25) is 9.79 Å². The second-order valence-electron chi connectivity index (χ2n) is 6.25. The van der Waals surface area contributed by atoms with Gasteiger partial charge in [0.1, 0.15) is 6.10 Å². The van der Waals surface area contributed by atoms with Crippen LogP contribution in [0.15, 0.2) is 59.6 Å². The maximum Gasteiger partial charge on any atom is 0.239 e. The van der Waals surface area contributed by atoms with Crippen LogP contribution in [0.5, 0.6) is 5.75 Å². The molecule has 0 aromatic heterocycles. The Morgan fingerprint density at radius 2 is 1.79 bits per heavy atom. The summed E-state index contributed by atoms with van der Waals surface area (Å²) in [4.78, 5) is 16.0. The third kappa shape index (κ3) is 7.65. The lowest BCUT2D eigenvalue weighted by Crippen LogP contribution is -2.45. The number of benzene rings is 2. The number of ether oxygens (including phenoxy) is 1. The first-order valence-corrected chi connectivity index (χ1v) is 9.25. The summed E-state index contributed by atoms with van der Waals surface area (Å²) in [6, 6.07) is 16.2. The number of guanidine groups is 1. The van der Waals surface area contributed by atoms with Crippen molar-refractivity contribution in [2.75, 3.05) is 26.7 Å². The SMILES string of the molecule is CN=C(NCC(=O)NCCc1ccccc1)NCC(C)Oc1ccccc1F. The fourth-order valence-corrected chi connectivity index (χ4v) is 2.48. The Labute approximate surface area is 165 Å². The van der Waals surface area contributed by atoms with E-state index in [0.717, 1.165) is 6.42 Å². The smallest absolute Gasteiger partial charge is 0.239 e. The molecule has 0 spiro atoms. The summed E-state index contributed by atoms with van der Waals surface area (Å²) in [5.41, 5.74) is 1.18. The Hall–Kier alpha value is -3.09. The summed E-state index contributed by atoms with van der Waals surface area (Å²) in [7, 11) is 1.62. The highest BCUT2D eigenvalue weighted by atomic mass is 19.1. The monoisotopic (exact) mass is 386 g/mol. The first-order valence-electron chi connectivity index (χ1n) is 9.25. The second-order valence-corrected chi connectivity index (χ2v) is 6.25. The Balaban J connectivity index is 1.65.